The zero-order chi connectivity index (χ0) is 29.6. The molecule has 44 heavy (non-hydrogen) atoms. The van der Waals surface area contributed by atoms with Crippen molar-refractivity contribution < 1.29 is 0 Å². The Morgan fingerprint density at radius 3 is 2.23 bits per heavy atom. The Kier molecular flexibility index (Phi) is 9.38. The van der Waals surface area contributed by atoms with Gasteiger partial charge in [-0.15, -0.1) is 0 Å². The molecule has 3 heteroatoms. The molecule has 7 rings (SSSR count). The quantitative estimate of drug-likeness (QED) is 0.344. The summed E-state index contributed by atoms with van der Waals surface area (Å²) >= 11 is 0. The van der Waals surface area contributed by atoms with Gasteiger partial charge in [-0.2, -0.15) is 0 Å². The predicted molar refractivity (Wildman–Crippen MR) is 186 cm³/mol. The molecule has 5 aliphatic rings. The molecule has 1 fully saturated rings. The van der Waals surface area contributed by atoms with Gasteiger partial charge in [-0.1, -0.05) is 98.2 Å². The number of aliphatic imine (C=N–C) groups is 1. The monoisotopic (exact) mass is 583 g/mol. The van der Waals surface area contributed by atoms with E-state index in [1.165, 1.54) is 110 Å². The summed E-state index contributed by atoms with van der Waals surface area (Å²) in [6.45, 7) is 0. The standard InChI is InChI=1S/C41H49N3/c1-5-14-30(15-6-1)36-28-29-39(42-40(36)34-18-9-3-10-19-34)33-26-24-32(25-27-33)38-23-13-22-37(31-16-7-2-8-17-31)43-41(44-38)35-20-11-4-12-21-35/h5,9,11,14-15,18,20,22,24-29,31,34-35,41,43H,1-4,6-8,10,12-13,16-17,19,21,23H2/b37-22-,44-38+. The second kappa shape index (κ2) is 14.1. The van der Waals surface area contributed by atoms with Crippen LogP contribution < -0.4 is 5.32 Å². The minimum Gasteiger partial charge on any atom is -0.367 e. The summed E-state index contributed by atoms with van der Waals surface area (Å²) in [6, 6.07) is 13.7. The molecule has 3 unspecified atom stereocenters. The largest absolute Gasteiger partial charge is 0.367 e. The number of aromatic nitrogens is 1. The first-order valence-corrected chi connectivity index (χ1v) is 17.7. The van der Waals surface area contributed by atoms with Crippen LogP contribution in [0.15, 0.2) is 95.7 Å². The number of benzene rings is 1. The normalized spacial score (nSPS) is 28.5. The van der Waals surface area contributed by atoms with E-state index in [-0.39, 0.29) is 6.17 Å². The van der Waals surface area contributed by atoms with E-state index in [1.807, 2.05) is 0 Å². The van der Waals surface area contributed by atoms with Gasteiger partial charge in [-0.3, -0.25) is 9.98 Å². The molecule has 1 aliphatic heterocycles. The van der Waals surface area contributed by atoms with Gasteiger partial charge in [-0.05, 0) is 100 Å². The van der Waals surface area contributed by atoms with Gasteiger partial charge >= 0.3 is 0 Å². The summed E-state index contributed by atoms with van der Waals surface area (Å²) in [5.41, 5.74) is 10.1. The van der Waals surface area contributed by atoms with Gasteiger partial charge < -0.3 is 5.32 Å². The molecule has 1 N–H and O–H groups in total. The Bertz CT molecular complexity index is 1480. The zero-order valence-electron chi connectivity index (χ0n) is 26.4. The number of hydrogen-bond acceptors (Lipinski definition) is 3. The predicted octanol–water partition coefficient (Wildman–Crippen LogP) is 10.6. The van der Waals surface area contributed by atoms with E-state index < -0.39 is 0 Å². The van der Waals surface area contributed by atoms with Crippen LogP contribution in [0, 0.1) is 11.8 Å². The molecule has 0 saturated heterocycles. The molecule has 0 bridgehead atoms. The molecule has 3 nitrogen and oxygen atoms in total. The summed E-state index contributed by atoms with van der Waals surface area (Å²) in [7, 11) is 0. The topological polar surface area (TPSA) is 37.3 Å². The van der Waals surface area contributed by atoms with E-state index in [2.05, 4.69) is 90.3 Å². The maximum atomic E-state index is 5.49. The van der Waals surface area contributed by atoms with Crippen LogP contribution in [-0.2, 0) is 0 Å². The van der Waals surface area contributed by atoms with Crippen molar-refractivity contribution in [3.05, 3.63) is 108 Å². The first kappa shape index (κ1) is 29.3. The smallest absolute Gasteiger partial charge is 0.125 e. The second-order valence-electron chi connectivity index (χ2n) is 13.5. The summed E-state index contributed by atoms with van der Waals surface area (Å²) in [5.74, 6) is 1.55. The molecule has 0 amide bonds. The first-order chi connectivity index (χ1) is 21.8. The highest BCUT2D eigenvalue weighted by Gasteiger charge is 2.27. The lowest BCUT2D eigenvalue weighted by atomic mass is 9.85. The van der Waals surface area contributed by atoms with Gasteiger partial charge in [0.05, 0.1) is 11.4 Å². The number of nitrogens with zero attached hydrogens (tertiary/aromatic N) is 2. The third-order valence-corrected chi connectivity index (χ3v) is 10.4. The average Bonchev–Trinajstić information content (AvgIpc) is 3.10. The fraction of sp³-hybridized carbons (Fsp3) is 0.463. The summed E-state index contributed by atoms with van der Waals surface area (Å²) in [4.78, 5) is 10.8. The Balaban J connectivity index is 1.16. The van der Waals surface area contributed by atoms with E-state index in [1.54, 1.807) is 0 Å². The summed E-state index contributed by atoms with van der Waals surface area (Å²) in [5, 5.41) is 4.00. The lowest BCUT2D eigenvalue weighted by Gasteiger charge is -2.33. The van der Waals surface area contributed by atoms with E-state index in [0.717, 1.165) is 31.4 Å². The molecule has 1 aromatic heterocycles. The first-order valence-electron chi connectivity index (χ1n) is 17.7. The van der Waals surface area contributed by atoms with E-state index in [0.29, 0.717) is 17.8 Å². The molecule has 2 aromatic rings. The van der Waals surface area contributed by atoms with Crippen LogP contribution in [0.5, 0.6) is 0 Å². The molecule has 2 heterocycles. The number of allylic oxidation sites excluding steroid dienone is 9. The summed E-state index contributed by atoms with van der Waals surface area (Å²) < 4.78 is 0. The molecular formula is C41H49N3. The van der Waals surface area contributed by atoms with Crippen molar-refractivity contribution in [2.24, 2.45) is 16.8 Å². The van der Waals surface area contributed by atoms with Crippen LogP contribution in [-0.4, -0.2) is 16.9 Å². The van der Waals surface area contributed by atoms with Gasteiger partial charge in [0, 0.05) is 34.4 Å². The minimum absolute atomic E-state index is 0.123. The Hall–Kier alpha value is -3.46. The molecular weight excluding hydrogens is 534 g/mol. The van der Waals surface area contributed by atoms with Crippen molar-refractivity contribution in [3.8, 4) is 11.3 Å². The Morgan fingerprint density at radius 2 is 1.48 bits per heavy atom. The van der Waals surface area contributed by atoms with Crippen LogP contribution in [0.3, 0.4) is 0 Å². The van der Waals surface area contributed by atoms with Crippen molar-refractivity contribution in [2.75, 3.05) is 0 Å². The Morgan fingerprint density at radius 1 is 0.659 bits per heavy atom. The van der Waals surface area contributed by atoms with Gasteiger partial charge in [0.15, 0.2) is 0 Å². The summed E-state index contributed by atoms with van der Waals surface area (Å²) in [6.07, 6.45) is 37.5. The molecule has 228 valence electrons. The van der Waals surface area contributed by atoms with Crippen LogP contribution in [0.4, 0.5) is 0 Å². The SMILES string of the molecule is C1=CC(c2ccc(-c3ccc(/C4=N/C(C5C=CCCC5)N/C(C5CCCCC5)=C\CC4)cc3)nc2C2C=CCCC2)=CCC1. The van der Waals surface area contributed by atoms with Crippen LogP contribution in [0.2, 0.25) is 0 Å². The highest BCUT2D eigenvalue weighted by molar-refractivity contribution is 6.01. The second-order valence-corrected chi connectivity index (χ2v) is 13.5. The van der Waals surface area contributed by atoms with Crippen molar-refractivity contribution in [1.82, 2.24) is 10.3 Å². The van der Waals surface area contributed by atoms with Crippen LogP contribution in [0.1, 0.15) is 119 Å². The molecule has 1 saturated carbocycles. The molecule has 3 atom stereocenters. The maximum Gasteiger partial charge on any atom is 0.125 e. The fourth-order valence-corrected chi connectivity index (χ4v) is 7.93. The highest BCUT2D eigenvalue weighted by Crippen LogP contribution is 2.36. The van der Waals surface area contributed by atoms with Crippen molar-refractivity contribution >= 4 is 11.3 Å². The third-order valence-electron chi connectivity index (χ3n) is 10.4. The van der Waals surface area contributed by atoms with Crippen molar-refractivity contribution in [2.45, 2.75) is 108 Å². The molecule has 0 radical (unpaired) electrons. The van der Waals surface area contributed by atoms with Crippen molar-refractivity contribution in [3.63, 3.8) is 0 Å². The van der Waals surface area contributed by atoms with Crippen molar-refractivity contribution in [1.29, 1.82) is 0 Å². The minimum atomic E-state index is 0.123. The lowest BCUT2D eigenvalue weighted by Crippen LogP contribution is -2.38. The van der Waals surface area contributed by atoms with Gasteiger partial charge in [-0.25, -0.2) is 0 Å². The highest BCUT2D eigenvalue weighted by atomic mass is 15.1. The van der Waals surface area contributed by atoms with Crippen LogP contribution in [0.25, 0.3) is 16.8 Å². The number of hydrogen-bond donors (Lipinski definition) is 1. The van der Waals surface area contributed by atoms with E-state index in [4.69, 9.17) is 9.98 Å². The van der Waals surface area contributed by atoms with Gasteiger partial charge in [0.2, 0.25) is 0 Å². The van der Waals surface area contributed by atoms with E-state index in [9.17, 15) is 0 Å². The molecule has 1 aromatic carbocycles. The zero-order valence-corrected chi connectivity index (χ0v) is 26.4. The number of pyridine rings is 1. The number of rotatable bonds is 6. The Labute approximate surface area is 265 Å². The van der Waals surface area contributed by atoms with Crippen LogP contribution >= 0.6 is 0 Å². The number of nitrogens with one attached hydrogen (secondary N) is 1. The maximum absolute atomic E-state index is 5.49. The van der Waals surface area contributed by atoms with E-state index >= 15 is 0 Å². The molecule has 4 aliphatic carbocycles. The lowest BCUT2D eigenvalue weighted by molar-refractivity contribution is 0.345. The molecule has 0 spiro atoms. The average molecular weight is 584 g/mol. The van der Waals surface area contributed by atoms with Gasteiger partial charge in [0.25, 0.3) is 0 Å². The third kappa shape index (κ3) is 6.77. The fourth-order valence-electron chi connectivity index (χ4n) is 7.93. The van der Waals surface area contributed by atoms with Gasteiger partial charge in [0.1, 0.15) is 6.17 Å².